The molecule has 1 heterocycles. The van der Waals surface area contributed by atoms with Crippen LogP contribution in [0.4, 0.5) is 17.5 Å². The molecule has 0 fully saturated rings. The summed E-state index contributed by atoms with van der Waals surface area (Å²) in [7, 11) is 0. The molecule has 0 spiro atoms. The normalized spacial score (nSPS) is 10.4. The van der Waals surface area contributed by atoms with Crippen molar-refractivity contribution in [2.24, 2.45) is 0 Å². The van der Waals surface area contributed by atoms with Crippen LogP contribution in [-0.4, -0.2) is 16.5 Å². The molecule has 1 aromatic heterocycles. The van der Waals surface area contributed by atoms with Gasteiger partial charge in [-0.25, -0.2) is 4.98 Å². The van der Waals surface area contributed by atoms with Gasteiger partial charge in [-0.3, -0.25) is 0 Å². The lowest BCUT2D eigenvalue weighted by atomic mass is 10.1. The van der Waals surface area contributed by atoms with Gasteiger partial charge < -0.3 is 10.6 Å². The molecule has 3 aromatic rings. The molecule has 2 N–H and O–H groups in total. The van der Waals surface area contributed by atoms with Crippen LogP contribution in [0.2, 0.25) is 0 Å². The third-order valence-corrected chi connectivity index (χ3v) is 3.98. The number of aryl methyl sites for hydroxylation is 2. The number of rotatable bonds is 6. The molecule has 0 saturated heterocycles. The van der Waals surface area contributed by atoms with Crippen molar-refractivity contribution in [2.75, 3.05) is 17.2 Å². The molecule has 24 heavy (non-hydrogen) atoms. The second-order valence-corrected chi connectivity index (χ2v) is 5.85. The fourth-order valence-corrected chi connectivity index (χ4v) is 2.45. The molecule has 2 aromatic carbocycles. The summed E-state index contributed by atoms with van der Waals surface area (Å²) in [6.07, 6.45) is 2.73. The van der Waals surface area contributed by atoms with E-state index >= 15 is 0 Å². The number of hydrogen-bond acceptors (Lipinski definition) is 4. The minimum atomic E-state index is 0.600. The van der Waals surface area contributed by atoms with Crippen molar-refractivity contribution in [1.29, 1.82) is 0 Å². The number of aromatic nitrogens is 2. The minimum Gasteiger partial charge on any atom is -0.370 e. The summed E-state index contributed by atoms with van der Waals surface area (Å²) in [5.74, 6) is 1.43. The smallest absolute Gasteiger partial charge is 0.229 e. The first-order valence-electron chi connectivity index (χ1n) is 8.16. The molecule has 0 saturated carbocycles. The quantitative estimate of drug-likeness (QED) is 0.703. The van der Waals surface area contributed by atoms with Crippen LogP contribution in [0.15, 0.2) is 60.8 Å². The van der Waals surface area contributed by atoms with Crippen LogP contribution >= 0.6 is 0 Å². The molecule has 4 nitrogen and oxygen atoms in total. The van der Waals surface area contributed by atoms with Gasteiger partial charge in [-0.1, -0.05) is 36.4 Å². The van der Waals surface area contributed by atoms with Gasteiger partial charge in [0, 0.05) is 18.4 Å². The zero-order valence-electron chi connectivity index (χ0n) is 14.1. The van der Waals surface area contributed by atoms with Gasteiger partial charge in [-0.15, -0.1) is 0 Å². The minimum absolute atomic E-state index is 0.600. The second-order valence-electron chi connectivity index (χ2n) is 5.85. The molecular weight excluding hydrogens is 296 g/mol. The average Bonchev–Trinajstić information content (AvgIpc) is 2.60. The molecule has 0 atom stereocenters. The Morgan fingerprint density at radius 2 is 1.75 bits per heavy atom. The summed E-state index contributed by atoms with van der Waals surface area (Å²) in [5, 5.41) is 6.61. The van der Waals surface area contributed by atoms with E-state index in [1.807, 2.05) is 18.2 Å². The third-order valence-electron chi connectivity index (χ3n) is 3.98. The van der Waals surface area contributed by atoms with Gasteiger partial charge in [-0.2, -0.15) is 4.98 Å². The van der Waals surface area contributed by atoms with Crippen LogP contribution in [0.3, 0.4) is 0 Å². The van der Waals surface area contributed by atoms with Gasteiger partial charge in [0.05, 0.1) is 0 Å². The number of anilines is 3. The van der Waals surface area contributed by atoms with Crippen LogP contribution in [0.1, 0.15) is 16.7 Å². The van der Waals surface area contributed by atoms with Crippen molar-refractivity contribution in [2.45, 2.75) is 20.3 Å². The van der Waals surface area contributed by atoms with E-state index in [1.54, 1.807) is 6.20 Å². The highest BCUT2D eigenvalue weighted by Crippen LogP contribution is 2.18. The topological polar surface area (TPSA) is 49.8 Å². The van der Waals surface area contributed by atoms with Gasteiger partial charge in [-0.05, 0) is 55.2 Å². The summed E-state index contributed by atoms with van der Waals surface area (Å²) >= 11 is 0. The van der Waals surface area contributed by atoms with E-state index in [0.29, 0.717) is 5.95 Å². The molecule has 0 radical (unpaired) electrons. The molecular formula is C20H22N4. The second kappa shape index (κ2) is 7.59. The maximum Gasteiger partial charge on any atom is 0.229 e. The predicted molar refractivity (Wildman–Crippen MR) is 99.9 cm³/mol. The number of nitrogens with zero attached hydrogens (tertiary/aromatic N) is 2. The molecule has 3 rings (SSSR count). The van der Waals surface area contributed by atoms with Crippen molar-refractivity contribution < 1.29 is 0 Å². The first kappa shape index (κ1) is 16.0. The number of nitrogens with one attached hydrogen (secondary N) is 2. The maximum atomic E-state index is 4.52. The van der Waals surface area contributed by atoms with Gasteiger partial charge in [0.25, 0.3) is 0 Å². The van der Waals surface area contributed by atoms with Crippen LogP contribution in [0, 0.1) is 13.8 Å². The molecule has 122 valence electrons. The van der Waals surface area contributed by atoms with E-state index < -0.39 is 0 Å². The van der Waals surface area contributed by atoms with Crippen molar-refractivity contribution in [3.63, 3.8) is 0 Å². The highest BCUT2D eigenvalue weighted by atomic mass is 15.1. The Bertz CT molecular complexity index is 800. The standard InChI is InChI=1S/C20H22N4/c1-15-8-9-18(14-16(15)2)23-20-22-13-11-19(24-20)21-12-10-17-6-4-3-5-7-17/h3-9,11,13-14H,10,12H2,1-2H3,(H2,21,22,23,24). The van der Waals surface area contributed by atoms with Crippen LogP contribution < -0.4 is 10.6 Å². The van der Waals surface area contributed by atoms with E-state index in [9.17, 15) is 0 Å². The summed E-state index contributed by atoms with van der Waals surface area (Å²) < 4.78 is 0. The summed E-state index contributed by atoms with van der Waals surface area (Å²) in [4.78, 5) is 8.81. The molecule has 0 aliphatic carbocycles. The molecule has 0 aliphatic heterocycles. The van der Waals surface area contributed by atoms with E-state index in [0.717, 1.165) is 24.5 Å². The lowest BCUT2D eigenvalue weighted by Crippen LogP contribution is -2.07. The Morgan fingerprint density at radius 3 is 2.54 bits per heavy atom. The largest absolute Gasteiger partial charge is 0.370 e. The summed E-state index contributed by atoms with van der Waals surface area (Å²) in [6, 6.07) is 18.6. The van der Waals surface area contributed by atoms with Crippen molar-refractivity contribution in [3.8, 4) is 0 Å². The van der Waals surface area contributed by atoms with Gasteiger partial charge in [0.1, 0.15) is 5.82 Å². The first-order valence-corrected chi connectivity index (χ1v) is 8.16. The first-order chi connectivity index (χ1) is 11.7. The Morgan fingerprint density at radius 1 is 0.917 bits per heavy atom. The molecule has 0 amide bonds. The highest BCUT2D eigenvalue weighted by Gasteiger charge is 2.02. The van der Waals surface area contributed by atoms with E-state index in [2.05, 4.69) is 70.8 Å². The molecule has 0 bridgehead atoms. The number of hydrogen-bond donors (Lipinski definition) is 2. The summed E-state index contributed by atoms with van der Waals surface area (Å²) in [6.45, 7) is 5.04. The molecule has 0 aliphatic rings. The predicted octanol–water partition coefficient (Wildman–Crippen LogP) is 4.49. The Labute approximate surface area is 143 Å². The lowest BCUT2D eigenvalue weighted by Gasteiger charge is -2.09. The van der Waals surface area contributed by atoms with E-state index in [4.69, 9.17) is 0 Å². The third kappa shape index (κ3) is 4.32. The average molecular weight is 318 g/mol. The zero-order valence-corrected chi connectivity index (χ0v) is 14.1. The van der Waals surface area contributed by atoms with Gasteiger partial charge in [0.2, 0.25) is 5.95 Å². The van der Waals surface area contributed by atoms with Crippen LogP contribution in [0.25, 0.3) is 0 Å². The van der Waals surface area contributed by atoms with E-state index in [-0.39, 0.29) is 0 Å². The fraction of sp³-hybridized carbons (Fsp3) is 0.200. The van der Waals surface area contributed by atoms with Crippen molar-refractivity contribution in [3.05, 3.63) is 77.5 Å². The maximum absolute atomic E-state index is 4.52. The summed E-state index contributed by atoms with van der Waals surface area (Å²) in [5.41, 5.74) is 4.84. The zero-order chi connectivity index (χ0) is 16.8. The lowest BCUT2D eigenvalue weighted by molar-refractivity contribution is 1.00. The number of benzene rings is 2. The van der Waals surface area contributed by atoms with Crippen LogP contribution in [0.5, 0.6) is 0 Å². The van der Waals surface area contributed by atoms with Crippen molar-refractivity contribution in [1.82, 2.24) is 9.97 Å². The van der Waals surface area contributed by atoms with Crippen LogP contribution in [-0.2, 0) is 6.42 Å². The van der Waals surface area contributed by atoms with Gasteiger partial charge >= 0.3 is 0 Å². The van der Waals surface area contributed by atoms with E-state index in [1.165, 1.54) is 16.7 Å². The Balaban J connectivity index is 1.60. The highest BCUT2D eigenvalue weighted by molar-refractivity contribution is 5.56. The molecule has 0 unspecified atom stereocenters. The Hall–Kier alpha value is -2.88. The SMILES string of the molecule is Cc1ccc(Nc2nccc(NCCc3ccccc3)n2)cc1C. The fourth-order valence-electron chi connectivity index (χ4n) is 2.45. The molecule has 4 heteroatoms. The Kier molecular flexibility index (Phi) is 5.06. The van der Waals surface area contributed by atoms with Gasteiger partial charge in [0.15, 0.2) is 0 Å². The monoisotopic (exact) mass is 318 g/mol. The van der Waals surface area contributed by atoms with Crippen molar-refractivity contribution >= 4 is 17.5 Å².